The van der Waals surface area contributed by atoms with Crippen LogP contribution in [0.5, 0.6) is 5.75 Å². The molecule has 4 aliphatic heterocycles. The largest absolute Gasteiger partial charge is 0.461 e. The second-order valence-corrected chi connectivity index (χ2v) is 15.8. The summed E-state index contributed by atoms with van der Waals surface area (Å²) in [7, 11) is 0. The van der Waals surface area contributed by atoms with Crippen LogP contribution in [-0.4, -0.2) is 92.1 Å². The number of hydrogen-bond donors (Lipinski definition) is 0. The smallest absolute Gasteiger partial charge is 0.365 e. The highest BCUT2D eigenvalue weighted by Gasteiger charge is 2.58. The van der Waals surface area contributed by atoms with Crippen molar-refractivity contribution in [1.82, 2.24) is 0 Å². The minimum atomic E-state index is -1.55. The van der Waals surface area contributed by atoms with Gasteiger partial charge in [-0.2, -0.15) is 0 Å². The lowest BCUT2D eigenvalue weighted by atomic mass is 9.94. The molecule has 0 aliphatic carbocycles. The molecule has 0 radical (unpaired) electrons. The van der Waals surface area contributed by atoms with Crippen LogP contribution in [0.2, 0.25) is 0 Å². The normalized spacial score (nSPS) is 30.6. The Morgan fingerprint density at radius 3 is 1.75 bits per heavy atom. The maximum absolute atomic E-state index is 13.8. The molecule has 61 heavy (non-hydrogen) atoms. The molecule has 320 valence electrons. The number of hydrogen-bond acceptors (Lipinski definition) is 15. The van der Waals surface area contributed by atoms with Gasteiger partial charge in [-0.05, 0) is 45.0 Å². The second-order valence-electron chi connectivity index (χ2n) is 15.8. The standard InChI is InChI=1S/C46H47NO14/c1-27(48)53-39-38(36-33(56-44(39)54-31-23-15-8-16-24-31)26-52-42(58-36)30-21-13-7-14-22-30)59-43-34(47-61-40(49)28-17-9-5-10-18-28)37(60-45(50)46(2,3)4)35-32(55-43)25-51-41(57-35)29-19-11-6-12-20-29/h5-24,32-33,35-39,41-44H,25-26H2,1-4H3/b47-34-/t32-,33-,35-,36-,37-,38+,39-,41?,42?,43?,44+/m1/s1. The average molecular weight is 838 g/mol. The molecule has 3 unspecified atom stereocenters. The van der Waals surface area contributed by atoms with Crippen molar-refractivity contribution in [3.8, 4) is 5.75 Å². The lowest BCUT2D eigenvalue weighted by Crippen LogP contribution is -2.67. The van der Waals surface area contributed by atoms with E-state index in [1.807, 2.05) is 66.7 Å². The SMILES string of the molecule is CC(=O)O[C@H]1[C@@H](Oc2ccccc2)O[C@@H]2COC(c3ccccc3)O[C@H]2[C@@H]1OC1O[C@@H]2COC(c3ccccc3)O[C@H]2[C@H](OC(=O)C(C)(C)C)/C1=N/OC(=O)c1ccccc1. The van der Waals surface area contributed by atoms with Crippen LogP contribution in [0.15, 0.2) is 126 Å². The van der Waals surface area contributed by atoms with Gasteiger partial charge in [0.15, 0.2) is 30.5 Å². The van der Waals surface area contributed by atoms with E-state index in [2.05, 4.69) is 5.16 Å². The molecule has 0 N–H and O–H groups in total. The van der Waals surface area contributed by atoms with E-state index in [0.29, 0.717) is 11.3 Å². The Balaban J connectivity index is 1.20. The molecule has 0 bridgehead atoms. The van der Waals surface area contributed by atoms with Crippen LogP contribution in [0, 0.1) is 5.41 Å². The van der Waals surface area contributed by atoms with Crippen LogP contribution in [0.1, 0.15) is 61.8 Å². The molecule has 4 heterocycles. The van der Waals surface area contributed by atoms with Gasteiger partial charge in [0, 0.05) is 18.1 Å². The van der Waals surface area contributed by atoms with E-state index in [1.54, 1.807) is 75.4 Å². The van der Waals surface area contributed by atoms with Gasteiger partial charge in [0.05, 0.1) is 24.2 Å². The molecular formula is C46H47NO14. The number of esters is 2. The topological polar surface area (TPSA) is 165 Å². The number of fused-ring (bicyclic) bond motifs is 2. The molecule has 0 aromatic heterocycles. The molecule has 0 saturated carbocycles. The van der Waals surface area contributed by atoms with Crippen molar-refractivity contribution in [2.45, 2.75) is 95.6 Å². The summed E-state index contributed by atoms with van der Waals surface area (Å²) >= 11 is 0. The molecule has 8 rings (SSSR count). The van der Waals surface area contributed by atoms with Crippen LogP contribution >= 0.6 is 0 Å². The van der Waals surface area contributed by atoms with E-state index < -0.39 is 91.2 Å². The minimum absolute atomic E-state index is 0.0297. The molecule has 0 amide bonds. The third-order valence-corrected chi connectivity index (χ3v) is 10.3. The van der Waals surface area contributed by atoms with Gasteiger partial charge in [0.2, 0.25) is 12.6 Å². The summed E-state index contributed by atoms with van der Waals surface area (Å²) in [5, 5.41) is 4.33. The molecular weight excluding hydrogens is 790 g/mol. The molecule has 15 heteroatoms. The number of benzene rings is 4. The van der Waals surface area contributed by atoms with E-state index in [4.69, 9.17) is 52.2 Å². The summed E-state index contributed by atoms with van der Waals surface area (Å²) in [6, 6.07) is 35.6. The van der Waals surface area contributed by atoms with E-state index >= 15 is 0 Å². The lowest BCUT2D eigenvalue weighted by Gasteiger charge is -2.50. The quantitative estimate of drug-likeness (QED) is 0.100. The highest BCUT2D eigenvalue weighted by molar-refractivity contribution is 5.96. The van der Waals surface area contributed by atoms with Crippen LogP contribution in [0.4, 0.5) is 0 Å². The number of oxime groups is 1. The summed E-state index contributed by atoms with van der Waals surface area (Å²) in [4.78, 5) is 45.8. The van der Waals surface area contributed by atoms with Crippen LogP contribution in [0.3, 0.4) is 0 Å². The van der Waals surface area contributed by atoms with Gasteiger partial charge in [0.25, 0.3) is 0 Å². The fourth-order valence-electron chi connectivity index (χ4n) is 7.25. The monoisotopic (exact) mass is 837 g/mol. The average Bonchev–Trinajstić information content (AvgIpc) is 3.27. The highest BCUT2D eigenvalue weighted by Crippen LogP contribution is 2.41. The number of carbonyl (C=O) groups is 3. The zero-order chi connectivity index (χ0) is 42.5. The molecule has 11 atom stereocenters. The van der Waals surface area contributed by atoms with E-state index in [1.165, 1.54) is 6.92 Å². The van der Waals surface area contributed by atoms with Gasteiger partial charge < -0.3 is 52.2 Å². The Morgan fingerprint density at radius 1 is 0.639 bits per heavy atom. The number of rotatable bonds is 10. The summed E-state index contributed by atoms with van der Waals surface area (Å²) in [5.74, 6) is -1.65. The Labute approximate surface area is 352 Å². The Kier molecular flexibility index (Phi) is 12.9. The predicted octanol–water partition coefficient (Wildman–Crippen LogP) is 6.23. The van der Waals surface area contributed by atoms with Crippen molar-refractivity contribution in [3.63, 3.8) is 0 Å². The van der Waals surface area contributed by atoms with Gasteiger partial charge in [-0.3, -0.25) is 9.59 Å². The van der Waals surface area contributed by atoms with Gasteiger partial charge in [-0.15, -0.1) is 0 Å². The number of para-hydroxylation sites is 1. The molecule has 4 saturated heterocycles. The second kappa shape index (κ2) is 18.6. The fraction of sp³-hybridized carbons (Fsp3) is 0.391. The molecule has 15 nitrogen and oxygen atoms in total. The van der Waals surface area contributed by atoms with Gasteiger partial charge in [-0.1, -0.05) is 102 Å². The summed E-state index contributed by atoms with van der Waals surface area (Å²) in [5.41, 5.74) is 0.490. The Bertz CT molecular complexity index is 2130. The van der Waals surface area contributed by atoms with Crippen molar-refractivity contribution < 1.29 is 66.6 Å². The zero-order valence-corrected chi connectivity index (χ0v) is 34.0. The minimum Gasteiger partial charge on any atom is -0.461 e. The maximum atomic E-state index is 13.8. The number of nitrogens with zero attached hydrogens (tertiary/aromatic N) is 1. The van der Waals surface area contributed by atoms with Crippen molar-refractivity contribution in [3.05, 3.63) is 138 Å². The first-order valence-electron chi connectivity index (χ1n) is 20.1. The summed E-state index contributed by atoms with van der Waals surface area (Å²) < 4.78 is 64.0. The van der Waals surface area contributed by atoms with Crippen LogP contribution < -0.4 is 4.74 Å². The summed E-state index contributed by atoms with van der Waals surface area (Å²) in [6.45, 7) is 6.36. The predicted molar refractivity (Wildman–Crippen MR) is 213 cm³/mol. The number of ether oxygens (including phenoxy) is 10. The molecule has 4 fully saturated rings. The first-order valence-corrected chi connectivity index (χ1v) is 20.1. The molecule has 4 aromatic rings. The first-order chi connectivity index (χ1) is 29.5. The van der Waals surface area contributed by atoms with Crippen molar-refractivity contribution in [1.29, 1.82) is 0 Å². The Morgan fingerprint density at radius 2 is 1.18 bits per heavy atom. The van der Waals surface area contributed by atoms with Crippen molar-refractivity contribution in [2.75, 3.05) is 13.2 Å². The highest BCUT2D eigenvalue weighted by atomic mass is 16.8. The van der Waals surface area contributed by atoms with Crippen molar-refractivity contribution >= 4 is 23.6 Å². The third kappa shape index (κ3) is 9.84. The summed E-state index contributed by atoms with van der Waals surface area (Å²) in [6.07, 6.45) is -12.2. The third-order valence-electron chi connectivity index (χ3n) is 10.3. The van der Waals surface area contributed by atoms with Gasteiger partial charge in [0.1, 0.15) is 36.3 Å². The van der Waals surface area contributed by atoms with Crippen LogP contribution in [0.25, 0.3) is 0 Å². The van der Waals surface area contributed by atoms with E-state index in [9.17, 15) is 14.4 Å². The molecule has 0 spiro atoms. The van der Waals surface area contributed by atoms with Gasteiger partial charge in [-0.25, -0.2) is 4.79 Å². The van der Waals surface area contributed by atoms with Crippen LogP contribution in [-0.2, 0) is 57.1 Å². The Hall–Kier alpha value is -5.52. The zero-order valence-electron chi connectivity index (χ0n) is 34.0. The molecule has 4 aromatic carbocycles. The first kappa shape index (κ1) is 42.2. The van der Waals surface area contributed by atoms with E-state index in [0.717, 1.165) is 5.56 Å². The lowest BCUT2D eigenvalue weighted by molar-refractivity contribution is -0.373. The maximum Gasteiger partial charge on any atom is 0.365 e. The number of carbonyl (C=O) groups excluding carboxylic acids is 3. The fourth-order valence-corrected chi connectivity index (χ4v) is 7.25. The van der Waals surface area contributed by atoms with E-state index in [-0.39, 0.29) is 24.5 Å². The van der Waals surface area contributed by atoms with Crippen molar-refractivity contribution in [2.24, 2.45) is 10.6 Å². The molecule has 4 aliphatic rings. The van der Waals surface area contributed by atoms with Gasteiger partial charge >= 0.3 is 17.9 Å².